The fourth-order valence-electron chi connectivity index (χ4n) is 2.19. The van der Waals surface area contributed by atoms with Crippen LogP contribution >= 0.6 is 35.6 Å². The van der Waals surface area contributed by atoms with Crippen LogP contribution in [0.1, 0.15) is 31.2 Å². The Kier molecular flexibility index (Phi) is 6.77. The highest BCUT2D eigenvalue weighted by atomic mass is 35.5. The fraction of sp³-hybridized carbons (Fsp3) is 0.312. The van der Waals surface area contributed by atoms with Gasteiger partial charge in [-0.3, -0.25) is 9.69 Å². The lowest BCUT2D eigenvalue weighted by atomic mass is 10.2. The highest BCUT2D eigenvalue weighted by Gasteiger charge is 2.31. The average Bonchev–Trinajstić information content (AvgIpc) is 2.77. The van der Waals surface area contributed by atoms with Crippen LogP contribution in [0, 0.1) is 5.82 Å². The Bertz CT molecular complexity index is 688. The largest absolute Gasteiger partial charge is 0.550 e. The van der Waals surface area contributed by atoms with Gasteiger partial charge in [0.1, 0.15) is 10.1 Å². The molecule has 0 radical (unpaired) electrons. The second-order valence-electron chi connectivity index (χ2n) is 5.15. The molecule has 128 valence electrons. The molecule has 0 bridgehead atoms. The normalized spacial score (nSPS) is 16.2. The van der Waals surface area contributed by atoms with E-state index in [2.05, 4.69) is 0 Å². The molecule has 1 fully saturated rings. The van der Waals surface area contributed by atoms with E-state index in [-0.39, 0.29) is 22.9 Å². The van der Waals surface area contributed by atoms with Gasteiger partial charge in [0.2, 0.25) is 0 Å². The van der Waals surface area contributed by atoms with Gasteiger partial charge in [-0.15, -0.1) is 0 Å². The maximum atomic E-state index is 13.8. The van der Waals surface area contributed by atoms with Gasteiger partial charge in [0.15, 0.2) is 0 Å². The summed E-state index contributed by atoms with van der Waals surface area (Å²) in [5, 5.41) is 10.6. The Balaban J connectivity index is 2.01. The predicted octanol–water partition coefficient (Wildman–Crippen LogP) is 2.99. The van der Waals surface area contributed by atoms with Crippen molar-refractivity contribution in [3.8, 4) is 0 Å². The Morgan fingerprint density at radius 3 is 2.79 bits per heavy atom. The maximum absolute atomic E-state index is 13.8. The van der Waals surface area contributed by atoms with E-state index in [4.69, 9.17) is 23.8 Å². The van der Waals surface area contributed by atoms with E-state index < -0.39 is 11.8 Å². The Hall–Kier alpha value is -1.44. The third-order valence-corrected chi connectivity index (χ3v) is 5.12. The van der Waals surface area contributed by atoms with Crippen molar-refractivity contribution >= 4 is 57.9 Å². The van der Waals surface area contributed by atoms with Crippen LogP contribution in [0.2, 0.25) is 5.02 Å². The number of carbonyl (C=O) groups is 2. The van der Waals surface area contributed by atoms with Crippen LogP contribution < -0.4 is 5.11 Å². The first kappa shape index (κ1) is 18.9. The first-order valence-electron chi connectivity index (χ1n) is 7.29. The zero-order valence-electron chi connectivity index (χ0n) is 12.6. The molecule has 2 rings (SSSR count). The molecule has 1 aromatic rings. The first-order chi connectivity index (χ1) is 11.4. The summed E-state index contributed by atoms with van der Waals surface area (Å²) in [6, 6.07) is 4.32. The van der Waals surface area contributed by atoms with Crippen LogP contribution in [-0.2, 0) is 9.59 Å². The lowest BCUT2D eigenvalue weighted by Crippen LogP contribution is -2.29. The average molecular weight is 387 g/mol. The number of amides is 1. The van der Waals surface area contributed by atoms with Gasteiger partial charge in [-0.05, 0) is 37.5 Å². The number of aliphatic carboxylic acids is 1. The number of unbranched alkanes of at least 4 members (excludes halogenated alkanes) is 2. The molecular formula is C16H14ClFNO3S2-. The minimum atomic E-state index is -1.08. The van der Waals surface area contributed by atoms with Crippen LogP contribution in [0.15, 0.2) is 23.1 Å². The number of hydrogen-bond acceptors (Lipinski definition) is 5. The molecule has 4 nitrogen and oxygen atoms in total. The zero-order valence-corrected chi connectivity index (χ0v) is 15.0. The van der Waals surface area contributed by atoms with Gasteiger partial charge in [-0.25, -0.2) is 4.39 Å². The molecule has 1 aliphatic heterocycles. The number of thiocarbonyl (C=S) groups is 1. The van der Waals surface area contributed by atoms with Crippen molar-refractivity contribution in [1.29, 1.82) is 0 Å². The molecule has 24 heavy (non-hydrogen) atoms. The van der Waals surface area contributed by atoms with E-state index in [1.54, 1.807) is 6.07 Å². The molecule has 8 heteroatoms. The molecule has 0 aliphatic carbocycles. The summed E-state index contributed by atoms with van der Waals surface area (Å²) in [6.45, 7) is 0.403. The maximum Gasteiger partial charge on any atom is 0.266 e. The number of nitrogens with zero attached hydrogens (tertiary/aromatic N) is 1. The molecule has 0 spiro atoms. The minimum Gasteiger partial charge on any atom is -0.550 e. The van der Waals surface area contributed by atoms with Crippen molar-refractivity contribution in [2.45, 2.75) is 25.7 Å². The van der Waals surface area contributed by atoms with Gasteiger partial charge in [-0.2, -0.15) is 0 Å². The van der Waals surface area contributed by atoms with E-state index in [1.165, 1.54) is 23.1 Å². The Morgan fingerprint density at radius 2 is 2.12 bits per heavy atom. The lowest BCUT2D eigenvalue weighted by Gasteiger charge is -2.14. The fourth-order valence-corrected chi connectivity index (χ4v) is 3.70. The lowest BCUT2D eigenvalue weighted by molar-refractivity contribution is -0.305. The summed E-state index contributed by atoms with van der Waals surface area (Å²) in [6.07, 6.45) is 3.20. The van der Waals surface area contributed by atoms with E-state index in [1.807, 2.05) is 0 Å². The van der Waals surface area contributed by atoms with Crippen LogP contribution in [0.25, 0.3) is 6.08 Å². The molecule has 0 atom stereocenters. The summed E-state index contributed by atoms with van der Waals surface area (Å²) >= 11 is 12.3. The van der Waals surface area contributed by atoms with Crippen LogP contribution in [0.3, 0.4) is 0 Å². The van der Waals surface area contributed by atoms with Crippen LogP contribution in [0.4, 0.5) is 4.39 Å². The van der Waals surface area contributed by atoms with Gasteiger partial charge in [0, 0.05) is 18.1 Å². The Morgan fingerprint density at radius 1 is 1.38 bits per heavy atom. The number of carboxylic acids is 1. The highest BCUT2D eigenvalue weighted by molar-refractivity contribution is 8.26. The van der Waals surface area contributed by atoms with Crippen LogP contribution in [0.5, 0.6) is 0 Å². The van der Waals surface area contributed by atoms with Gasteiger partial charge in [0.25, 0.3) is 5.91 Å². The topological polar surface area (TPSA) is 60.4 Å². The van der Waals surface area contributed by atoms with Crippen molar-refractivity contribution < 1.29 is 19.1 Å². The van der Waals surface area contributed by atoms with Gasteiger partial charge >= 0.3 is 0 Å². The molecule has 1 amide bonds. The molecule has 0 unspecified atom stereocenters. The minimum absolute atomic E-state index is 0.00405. The second-order valence-corrected chi connectivity index (χ2v) is 7.23. The third-order valence-electron chi connectivity index (χ3n) is 3.41. The number of halogens is 2. The van der Waals surface area contributed by atoms with Gasteiger partial charge < -0.3 is 9.90 Å². The van der Waals surface area contributed by atoms with E-state index in [9.17, 15) is 19.1 Å². The van der Waals surface area contributed by atoms with Gasteiger partial charge in [0.05, 0.1) is 9.93 Å². The molecular weight excluding hydrogens is 373 g/mol. The number of thioether (sulfide) groups is 1. The van der Waals surface area contributed by atoms with Gasteiger partial charge in [-0.1, -0.05) is 48.1 Å². The molecule has 0 aromatic heterocycles. The summed E-state index contributed by atoms with van der Waals surface area (Å²) < 4.78 is 14.2. The number of carbonyl (C=O) groups excluding carboxylic acids is 2. The molecule has 0 saturated carbocycles. The molecule has 1 aliphatic rings. The summed E-state index contributed by atoms with van der Waals surface area (Å²) in [7, 11) is 0. The van der Waals surface area contributed by atoms with E-state index in [0.717, 1.165) is 11.8 Å². The standard InChI is InChI=1S/C16H15ClFNO3S2/c17-11-5-4-6-12(18)10(11)9-13-15(22)19(16(23)24-13)8-3-1-2-7-14(20)21/h4-6,9H,1-3,7-8H2,(H,20,21)/p-1/b13-9-. The smallest absolute Gasteiger partial charge is 0.266 e. The quantitative estimate of drug-likeness (QED) is 0.409. The Labute approximate surface area is 153 Å². The van der Waals surface area contributed by atoms with Crippen molar-refractivity contribution in [3.63, 3.8) is 0 Å². The van der Waals surface area contributed by atoms with Crippen molar-refractivity contribution in [3.05, 3.63) is 39.5 Å². The molecule has 1 saturated heterocycles. The second kappa shape index (κ2) is 8.60. The predicted molar refractivity (Wildman–Crippen MR) is 94.8 cm³/mol. The molecule has 1 aromatic carbocycles. The van der Waals surface area contributed by atoms with Crippen molar-refractivity contribution in [2.75, 3.05) is 6.54 Å². The molecule has 0 N–H and O–H groups in total. The number of benzene rings is 1. The summed E-state index contributed by atoms with van der Waals surface area (Å²) in [5.41, 5.74) is 0.161. The van der Waals surface area contributed by atoms with E-state index >= 15 is 0 Å². The summed E-state index contributed by atoms with van der Waals surface area (Å²) in [5.74, 6) is -1.87. The third kappa shape index (κ3) is 4.78. The number of rotatable bonds is 7. The van der Waals surface area contributed by atoms with E-state index in [0.29, 0.717) is 35.0 Å². The number of hydrogen-bond donors (Lipinski definition) is 0. The first-order valence-corrected chi connectivity index (χ1v) is 8.89. The highest BCUT2D eigenvalue weighted by Crippen LogP contribution is 2.34. The monoisotopic (exact) mass is 386 g/mol. The van der Waals surface area contributed by atoms with Crippen LogP contribution in [-0.4, -0.2) is 27.6 Å². The van der Waals surface area contributed by atoms with Crippen molar-refractivity contribution in [2.24, 2.45) is 0 Å². The summed E-state index contributed by atoms with van der Waals surface area (Å²) in [4.78, 5) is 24.5. The number of carboxylic acid groups (broad SMARTS) is 1. The SMILES string of the molecule is O=C([O-])CCCCCN1C(=O)/C(=C/c2c(F)cccc2Cl)SC1=S. The van der Waals surface area contributed by atoms with Crippen molar-refractivity contribution in [1.82, 2.24) is 4.90 Å². The zero-order chi connectivity index (χ0) is 17.7. The molecule has 1 heterocycles.